The molecule has 0 aromatic carbocycles. The van der Waals surface area contributed by atoms with E-state index < -0.39 is 0 Å². The lowest BCUT2D eigenvalue weighted by Crippen LogP contribution is -2.30. The molecule has 7 nitrogen and oxygen atoms in total. The number of rotatable bonds is 11. The van der Waals surface area contributed by atoms with Gasteiger partial charge in [0.05, 0.1) is 6.61 Å². The van der Waals surface area contributed by atoms with E-state index in [9.17, 15) is 4.79 Å². The number of hydrogen-bond acceptors (Lipinski definition) is 5. The number of ether oxygens (including phenoxy) is 1. The van der Waals surface area contributed by atoms with Gasteiger partial charge in [-0.3, -0.25) is 4.79 Å². The Bertz CT molecular complexity index is 858. The Kier molecular flexibility index (Phi) is 9.70. The van der Waals surface area contributed by atoms with Gasteiger partial charge >= 0.3 is 0 Å². The predicted octanol–water partition coefficient (Wildman–Crippen LogP) is 3.64. The maximum atomic E-state index is 12.1. The minimum Gasteiger partial charge on any atom is -0.383 e. The number of H-pyrrole nitrogens is 1. The molecule has 3 N–H and O–H groups in total. The Labute approximate surface area is 185 Å². The van der Waals surface area contributed by atoms with Crippen LogP contribution in [0.15, 0.2) is 41.6 Å². The molecule has 1 heterocycles. The maximum Gasteiger partial charge on any atom is 0.287 e. The monoisotopic (exact) mass is 425 g/mol. The van der Waals surface area contributed by atoms with E-state index in [-0.39, 0.29) is 23.5 Å². The van der Waals surface area contributed by atoms with Crippen LogP contribution in [-0.2, 0) is 4.74 Å². The summed E-state index contributed by atoms with van der Waals surface area (Å²) in [5, 5.41) is 15.1. The molecular formula is C24H35N5O2. The first-order chi connectivity index (χ1) is 14.8. The van der Waals surface area contributed by atoms with Gasteiger partial charge in [-0.05, 0) is 43.6 Å². The Hall–Kier alpha value is -2.69. The van der Waals surface area contributed by atoms with Crippen molar-refractivity contribution in [2.24, 2.45) is 5.41 Å². The zero-order valence-corrected chi connectivity index (χ0v) is 19.1. The van der Waals surface area contributed by atoms with Crippen molar-refractivity contribution >= 4 is 5.91 Å². The number of nitrogens with one attached hydrogen (secondary N) is 3. The number of nitrogens with zero attached hydrogens (tertiary/aromatic N) is 2. The van der Waals surface area contributed by atoms with Gasteiger partial charge in [-0.1, -0.05) is 43.7 Å². The Morgan fingerprint density at radius 1 is 1.48 bits per heavy atom. The first-order valence-electron chi connectivity index (χ1n) is 10.8. The Balaban J connectivity index is 1.96. The maximum absolute atomic E-state index is 12.1. The minimum absolute atomic E-state index is 0.141. The summed E-state index contributed by atoms with van der Waals surface area (Å²) < 4.78 is 5.14. The number of hydrogen-bond donors (Lipinski definition) is 3. The van der Waals surface area contributed by atoms with Crippen LogP contribution >= 0.6 is 0 Å². The van der Waals surface area contributed by atoms with E-state index in [4.69, 9.17) is 10.00 Å². The molecular weight excluding hydrogens is 390 g/mol. The number of aromatic amines is 1. The second kappa shape index (κ2) is 12.2. The van der Waals surface area contributed by atoms with Crippen LogP contribution in [0.5, 0.6) is 0 Å². The van der Waals surface area contributed by atoms with Crippen molar-refractivity contribution in [3.8, 4) is 6.07 Å². The van der Waals surface area contributed by atoms with E-state index >= 15 is 0 Å². The van der Waals surface area contributed by atoms with Crippen LogP contribution in [0, 0.1) is 16.7 Å². The third kappa shape index (κ3) is 8.52. The van der Waals surface area contributed by atoms with Crippen molar-refractivity contribution in [3.05, 3.63) is 53.2 Å². The number of carbonyl (C=O) groups is 1. The third-order valence-electron chi connectivity index (χ3n) is 5.52. The zero-order chi connectivity index (χ0) is 22.7. The number of imidazole rings is 1. The fourth-order valence-electron chi connectivity index (χ4n) is 3.37. The largest absolute Gasteiger partial charge is 0.383 e. The van der Waals surface area contributed by atoms with Gasteiger partial charge in [-0.25, -0.2) is 4.98 Å². The summed E-state index contributed by atoms with van der Waals surface area (Å²) in [7, 11) is 1.70. The van der Waals surface area contributed by atoms with Gasteiger partial charge in [0.25, 0.3) is 5.91 Å². The van der Waals surface area contributed by atoms with E-state index in [1.165, 1.54) is 23.8 Å². The normalized spacial score (nSPS) is 17.3. The molecule has 1 aromatic heterocycles. The van der Waals surface area contributed by atoms with E-state index in [0.29, 0.717) is 18.6 Å². The summed E-state index contributed by atoms with van der Waals surface area (Å²) in [4.78, 5) is 18.7. The van der Waals surface area contributed by atoms with Gasteiger partial charge in [0.1, 0.15) is 6.07 Å². The fourth-order valence-corrected chi connectivity index (χ4v) is 3.37. The lowest BCUT2D eigenvalue weighted by atomic mass is 9.77. The summed E-state index contributed by atoms with van der Waals surface area (Å²) in [6, 6.07) is 2.07. The molecule has 2 rings (SSSR count). The molecule has 1 amide bonds. The molecule has 1 atom stereocenters. The molecule has 1 aliphatic carbocycles. The molecule has 1 aromatic rings. The molecule has 1 aliphatic rings. The summed E-state index contributed by atoms with van der Waals surface area (Å²) in [5.74, 6) is -0.194. The highest BCUT2D eigenvalue weighted by atomic mass is 16.5. The van der Waals surface area contributed by atoms with E-state index in [1.54, 1.807) is 7.11 Å². The van der Waals surface area contributed by atoms with Crippen molar-refractivity contribution in [2.45, 2.75) is 52.5 Å². The third-order valence-corrected chi connectivity index (χ3v) is 5.52. The van der Waals surface area contributed by atoms with Gasteiger partial charge in [0, 0.05) is 32.4 Å². The number of carbonyl (C=O) groups excluding carboxylic acids is 1. The van der Waals surface area contributed by atoms with Crippen molar-refractivity contribution in [3.63, 3.8) is 0 Å². The molecule has 0 aliphatic heterocycles. The van der Waals surface area contributed by atoms with Crippen LogP contribution < -0.4 is 10.6 Å². The smallest absolute Gasteiger partial charge is 0.287 e. The zero-order valence-electron chi connectivity index (χ0n) is 19.1. The molecule has 0 spiro atoms. The second-order valence-electron chi connectivity index (χ2n) is 8.67. The number of aromatic nitrogens is 2. The molecule has 0 saturated heterocycles. The van der Waals surface area contributed by atoms with Gasteiger partial charge in [-0.15, -0.1) is 0 Å². The summed E-state index contributed by atoms with van der Waals surface area (Å²) in [6.45, 7) is 8.59. The average molecular weight is 426 g/mol. The lowest BCUT2D eigenvalue weighted by molar-refractivity contribution is 0.0948. The first kappa shape index (κ1) is 24.6. The molecule has 0 radical (unpaired) electrons. The van der Waals surface area contributed by atoms with Crippen LogP contribution in [0.4, 0.5) is 0 Å². The van der Waals surface area contributed by atoms with Crippen molar-refractivity contribution < 1.29 is 9.53 Å². The molecule has 0 fully saturated rings. The molecule has 0 bridgehead atoms. The molecule has 1 unspecified atom stereocenters. The number of amides is 1. The average Bonchev–Trinajstić information content (AvgIpc) is 3.23. The van der Waals surface area contributed by atoms with Gasteiger partial charge in [0.15, 0.2) is 11.5 Å². The number of nitriles is 1. The minimum atomic E-state index is -0.335. The Morgan fingerprint density at radius 2 is 2.29 bits per heavy atom. The fraction of sp³-hybridized carbons (Fsp3) is 0.542. The topological polar surface area (TPSA) is 103 Å². The van der Waals surface area contributed by atoms with Gasteiger partial charge < -0.3 is 20.4 Å². The quantitative estimate of drug-likeness (QED) is 0.285. The highest BCUT2D eigenvalue weighted by Crippen LogP contribution is 2.35. The molecule has 31 heavy (non-hydrogen) atoms. The lowest BCUT2D eigenvalue weighted by Gasteiger charge is -2.28. The first-order valence-corrected chi connectivity index (χ1v) is 10.8. The summed E-state index contributed by atoms with van der Waals surface area (Å²) in [5.41, 5.74) is 3.28. The van der Waals surface area contributed by atoms with Crippen LogP contribution in [0.3, 0.4) is 0 Å². The molecule has 168 valence electrons. The predicted molar refractivity (Wildman–Crippen MR) is 123 cm³/mol. The van der Waals surface area contributed by atoms with E-state index in [2.05, 4.69) is 59.6 Å². The van der Waals surface area contributed by atoms with Crippen LogP contribution in [0.2, 0.25) is 0 Å². The molecule has 0 saturated carbocycles. The second-order valence-corrected chi connectivity index (χ2v) is 8.67. The highest BCUT2D eigenvalue weighted by Gasteiger charge is 2.20. The van der Waals surface area contributed by atoms with Crippen molar-refractivity contribution in [2.75, 3.05) is 26.8 Å². The van der Waals surface area contributed by atoms with E-state index in [0.717, 1.165) is 25.8 Å². The standard InChI is InChI=1S/C24H35N5O2/c1-18(26-14-15-31-4)20(8-7-19-9-11-24(2,3)12-10-19)6-5-13-27-23(30)22-28-17-21(16-25)29-22/h5-6,8-9,17-18,26H,7,10-15H2,1-4H3,(H,27,30)(H,28,29)/b6-5-,20-8+. The summed E-state index contributed by atoms with van der Waals surface area (Å²) >= 11 is 0. The number of methoxy groups -OCH3 is 1. The Morgan fingerprint density at radius 3 is 2.94 bits per heavy atom. The van der Waals surface area contributed by atoms with Gasteiger partial charge in [0.2, 0.25) is 0 Å². The highest BCUT2D eigenvalue weighted by molar-refractivity contribution is 5.90. The summed E-state index contributed by atoms with van der Waals surface area (Å²) in [6.07, 6.45) is 14.5. The van der Waals surface area contributed by atoms with Crippen molar-refractivity contribution in [1.29, 1.82) is 5.26 Å². The van der Waals surface area contributed by atoms with Crippen LogP contribution in [-0.4, -0.2) is 48.7 Å². The van der Waals surface area contributed by atoms with Crippen LogP contribution in [0.25, 0.3) is 0 Å². The van der Waals surface area contributed by atoms with Crippen LogP contribution in [0.1, 0.15) is 62.8 Å². The van der Waals surface area contributed by atoms with E-state index in [1.807, 2.05) is 12.1 Å². The molecule has 7 heteroatoms. The number of allylic oxidation sites excluding steroid dienone is 3. The van der Waals surface area contributed by atoms with Gasteiger partial charge in [-0.2, -0.15) is 5.26 Å². The van der Waals surface area contributed by atoms with Crippen molar-refractivity contribution in [1.82, 2.24) is 20.6 Å². The SMILES string of the molecule is COCCNC(C)C(/C=C\CNC(=O)c1nc(C#N)c[nH]1)=C/CC1=CCC(C)(C)CC1.